The molecule has 1 heterocycles. The number of nitrogens with zero attached hydrogens (tertiary/aromatic N) is 1. The summed E-state index contributed by atoms with van der Waals surface area (Å²) in [5, 5.41) is 0. The van der Waals surface area contributed by atoms with Crippen molar-refractivity contribution in [2.24, 2.45) is 0 Å². The summed E-state index contributed by atoms with van der Waals surface area (Å²) in [6, 6.07) is 5.72. The minimum absolute atomic E-state index is 1.07. The van der Waals surface area contributed by atoms with E-state index in [4.69, 9.17) is 0 Å². The molecule has 0 unspecified atom stereocenters. The van der Waals surface area contributed by atoms with E-state index in [0.717, 1.165) is 6.42 Å². The zero-order chi connectivity index (χ0) is 7.66. The lowest BCUT2D eigenvalue weighted by atomic mass is 10.4. The lowest BCUT2D eigenvalue weighted by Crippen LogP contribution is -1.58. The first-order valence-electron chi connectivity index (χ1n) is 3.56. The van der Waals surface area contributed by atoms with Gasteiger partial charge in [-0.25, -0.2) is 0 Å². The molecule has 0 saturated heterocycles. The van der Waals surface area contributed by atoms with Crippen molar-refractivity contribution in [1.82, 2.24) is 4.98 Å². The summed E-state index contributed by atoms with van der Waals surface area (Å²) < 4.78 is 0. The molecular weight excluding hydrogens is 122 g/mol. The van der Waals surface area contributed by atoms with Crippen molar-refractivity contribution in [2.75, 3.05) is 0 Å². The molecule has 10 heavy (non-hydrogen) atoms. The van der Waals surface area contributed by atoms with Gasteiger partial charge in [0.05, 0.1) is 0 Å². The van der Waals surface area contributed by atoms with Crippen molar-refractivity contribution < 1.29 is 0 Å². The highest BCUT2D eigenvalue weighted by molar-refractivity contribution is 4.88. The van der Waals surface area contributed by atoms with Crippen LogP contribution in [0.2, 0.25) is 0 Å². The van der Waals surface area contributed by atoms with Crippen molar-refractivity contribution in [3.8, 4) is 0 Å². The van der Waals surface area contributed by atoms with E-state index >= 15 is 0 Å². The number of aromatic nitrogens is 1. The minimum atomic E-state index is 1.07. The highest BCUT2D eigenvalue weighted by Crippen LogP contribution is 1.76. The molecule has 0 N–H and O–H groups in total. The molecule has 55 valence electrons. The van der Waals surface area contributed by atoms with Crippen LogP contribution in [0, 0.1) is 6.92 Å². The monoisotopic (exact) mass is 136 g/mol. The Balaban J connectivity index is 0.000000180. The topological polar surface area (TPSA) is 12.9 Å². The first kappa shape index (κ1) is 9.15. The van der Waals surface area contributed by atoms with Crippen LogP contribution in [0.4, 0.5) is 0 Å². The van der Waals surface area contributed by atoms with Crippen LogP contribution in [0.5, 0.6) is 0 Å². The molecule has 1 aromatic heterocycles. The summed E-state index contributed by atoms with van der Waals surface area (Å²) in [4.78, 5) is 3.78. The van der Waals surface area contributed by atoms with Crippen molar-refractivity contribution in [1.29, 1.82) is 0 Å². The van der Waals surface area contributed by atoms with E-state index < -0.39 is 0 Å². The molecule has 1 heteroatoms. The summed E-state index contributed by atoms with van der Waals surface area (Å²) in [7, 11) is 0. The molecule has 0 atom stereocenters. The number of rotatable bonds is 1. The van der Waals surface area contributed by atoms with Gasteiger partial charge in [-0.1, -0.05) is 32.8 Å². The van der Waals surface area contributed by atoms with Gasteiger partial charge >= 0.3 is 0 Å². The third-order valence-electron chi connectivity index (χ3n) is 0.920. The highest BCUT2D eigenvalue weighted by atomic mass is 14.6. The summed E-state index contributed by atoms with van der Waals surface area (Å²) in [5.74, 6) is 0. The number of pyridine rings is 1. The van der Waals surface area contributed by atoms with Gasteiger partial charge in [-0.3, -0.25) is 4.98 Å². The Morgan fingerprint density at radius 3 is 1.80 bits per heavy atom. The second kappa shape index (κ2) is 8.15. The molecule has 1 radical (unpaired) electrons. The molecular formula is C9H14N. The zero-order valence-electron chi connectivity index (χ0n) is 6.46. The first-order chi connectivity index (χ1) is 4.91. The molecule has 0 fully saturated rings. The van der Waals surface area contributed by atoms with E-state index in [0.29, 0.717) is 0 Å². The molecule has 0 saturated carbocycles. The molecule has 0 aliphatic rings. The molecule has 1 aromatic rings. The van der Waals surface area contributed by atoms with Crippen LogP contribution >= 0.6 is 0 Å². The quantitative estimate of drug-likeness (QED) is 0.578. The van der Waals surface area contributed by atoms with E-state index in [1.54, 1.807) is 12.4 Å². The lowest BCUT2D eigenvalue weighted by molar-refractivity contribution is 0.956. The predicted octanol–water partition coefficient (Wildman–Crippen LogP) is 2.70. The Kier molecular flexibility index (Phi) is 7.46. The smallest absolute Gasteiger partial charge is 0.0267 e. The van der Waals surface area contributed by atoms with E-state index in [-0.39, 0.29) is 0 Å². The van der Waals surface area contributed by atoms with Crippen molar-refractivity contribution in [3.63, 3.8) is 0 Å². The molecule has 0 bridgehead atoms. The van der Waals surface area contributed by atoms with Gasteiger partial charge in [0.25, 0.3) is 0 Å². The Labute approximate surface area is 63.1 Å². The Morgan fingerprint density at radius 2 is 1.70 bits per heavy atom. The fraction of sp³-hybridized carbons (Fsp3) is 0.333. The summed E-state index contributed by atoms with van der Waals surface area (Å²) in [6.07, 6.45) is 5.78. The molecule has 0 spiro atoms. The maximum Gasteiger partial charge on any atom is 0.0267 e. The van der Waals surface area contributed by atoms with Gasteiger partial charge in [0.15, 0.2) is 0 Å². The standard InChI is InChI=1S/C5H5N.C4H9/c1-2-4-6-5-3-1;1-3-4-2/h1-5H;1,3-4H2,2H3. The van der Waals surface area contributed by atoms with Gasteiger partial charge in [0, 0.05) is 12.4 Å². The third-order valence-corrected chi connectivity index (χ3v) is 0.920. The van der Waals surface area contributed by atoms with E-state index in [2.05, 4.69) is 18.8 Å². The Morgan fingerprint density at radius 1 is 1.20 bits per heavy atom. The largest absolute Gasteiger partial charge is 0.265 e. The maximum atomic E-state index is 3.78. The van der Waals surface area contributed by atoms with E-state index in [1.807, 2.05) is 18.2 Å². The average molecular weight is 136 g/mol. The molecule has 1 nitrogen and oxygen atoms in total. The van der Waals surface area contributed by atoms with Crippen LogP contribution in [0.15, 0.2) is 30.6 Å². The van der Waals surface area contributed by atoms with Crippen LogP contribution in [-0.4, -0.2) is 4.98 Å². The minimum Gasteiger partial charge on any atom is -0.265 e. The number of hydrogen-bond acceptors (Lipinski definition) is 1. The lowest BCUT2D eigenvalue weighted by Gasteiger charge is -1.70. The summed E-state index contributed by atoms with van der Waals surface area (Å²) >= 11 is 0. The second-order valence-corrected chi connectivity index (χ2v) is 1.88. The van der Waals surface area contributed by atoms with Gasteiger partial charge in [0.1, 0.15) is 0 Å². The number of unbranched alkanes of at least 4 members (excludes halogenated alkanes) is 1. The summed E-state index contributed by atoms with van der Waals surface area (Å²) in [6.45, 7) is 5.72. The van der Waals surface area contributed by atoms with E-state index in [1.165, 1.54) is 6.42 Å². The SMILES string of the molecule is [CH2]CCC.c1ccncc1. The molecule has 0 aliphatic heterocycles. The second-order valence-electron chi connectivity index (χ2n) is 1.88. The fourth-order valence-corrected chi connectivity index (χ4v) is 0.313. The van der Waals surface area contributed by atoms with Crippen LogP contribution in [0.3, 0.4) is 0 Å². The normalized spacial score (nSPS) is 7.80. The van der Waals surface area contributed by atoms with Crippen LogP contribution in [0.1, 0.15) is 19.8 Å². The van der Waals surface area contributed by atoms with Gasteiger partial charge in [-0.15, -0.1) is 0 Å². The van der Waals surface area contributed by atoms with Crippen molar-refractivity contribution in [3.05, 3.63) is 37.5 Å². The predicted molar refractivity (Wildman–Crippen MR) is 44.5 cm³/mol. The fourth-order valence-electron chi connectivity index (χ4n) is 0.313. The van der Waals surface area contributed by atoms with E-state index in [9.17, 15) is 0 Å². The molecule has 1 rings (SSSR count). The zero-order valence-corrected chi connectivity index (χ0v) is 6.46. The first-order valence-corrected chi connectivity index (χ1v) is 3.56. The molecule has 0 aromatic carbocycles. The molecule has 0 aliphatic carbocycles. The average Bonchev–Trinajstić information content (AvgIpc) is 2.08. The van der Waals surface area contributed by atoms with Crippen LogP contribution in [-0.2, 0) is 0 Å². The Bertz CT molecular complexity index is 96.7. The summed E-state index contributed by atoms with van der Waals surface area (Å²) in [5.41, 5.74) is 0. The van der Waals surface area contributed by atoms with Gasteiger partial charge in [0.2, 0.25) is 0 Å². The van der Waals surface area contributed by atoms with Crippen LogP contribution in [0.25, 0.3) is 0 Å². The number of hydrogen-bond donors (Lipinski definition) is 0. The van der Waals surface area contributed by atoms with Gasteiger partial charge < -0.3 is 0 Å². The van der Waals surface area contributed by atoms with Crippen molar-refractivity contribution >= 4 is 0 Å². The Hall–Kier alpha value is -0.850. The maximum absolute atomic E-state index is 3.78. The van der Waals surface area contributed by atoms with Gasteiger partial charge in [-0.05, 0) is 12.1 Å². The van der Waals surface area contributed by atoms with Crippen LogP contribution < -0.4 is 0 Å². The molecule has 0 amide bonds. The third kappa shape index (κ3) is 7.15. The van der Waals surface area contributed by atoms with Crippen molar-refractivity contribution in [2.45, 2.75) is 19.8 Å². The highest BCUT2D eigenvalue weighted by Gasteiger charge is 1.58. The van der Waals surface area contributed by atoms with Gasteiger partial charge in [-0.2, -0.15) is 0 Å².